The second kappa shape index (κ2) is 19.2. The Bertz CT molecular complexity index is 1220. The van der Waals surface area contributed by atoms with Gasteiger partial charge in [-0.3, -0.25) is 13.8 Å². The first-order chi connectivity index (χ1) is 20.6. The van der Waals surface area contributed by atoms with Gasteiger partial charge < -0.3 is 25.4 Å². The first kappa shape index (κ1) is 35.2. The summed E-state index contributed by atoms with van der Waals surface area (Å²) in [6, 6.07) is 15.8. The van der Waals surface area contributed by atoms with Gasteiger partial charge in [0, 0.05) is 41.3 Å². The van der Waals surface area contributed by atoms with Gasteiger partial charge in [-0.25, -0.2) is 9.59 Å². The highest BCUT2D eigenvalue weighted by molar-refractivity contribution is 7.84. The standard InChI is InChI=1S/C32H43N3O7S/c1-5-41-29(36)17-16-26(18-19-43(4)40)33-30(37)28(21-24-12-8-6-9-13-24)34-31(38)27(20-23(2)3)35-32(39)42-22-25-14-10-7-11-15-25/h6-17,23,26-28H,5,18-22H2,1-4H3,(H,33,37)(H,34,38)(H,35,39)/b17-16+/t26-,27+,28+,43?/m1/s1. The molecule has 0 aliphatic carbocycles. The van der Waals surface area contributed by atoms with Gasteiger partial charge in [0.15, 0.2) is 0 Å². The largest absolute Gasteiger partial charge is 0.463 e. The van der Waals surface area contributed by atoms with Crippen LogP contribution in [0.1, 0.15) is 44.7 Å². The summed E-state index contributed by atoms with van der Waals surface area (Å²) < 4.78 is 22.0. The predicted octanol–water partition coefficient (Wildman–Crippen LogP) is 3.43. The molecule has 4 atom stereocenters. The summed E-state index contributed by atoms with van der Waals surface area (Å²) in [4.78, 5) is 51.6. The number of esters is 1. The lowest BCUT2D eigenvalue weighted by Gasteiger charge is -2.25. The highest BCUT2D eigenvalue weighted by atomic mass is 32.2. The number of rotatable bonds is 17. The van der Waals surface area contributed by atoms with E-state index in [1.165, 1.54) is 12.2 Å². The van der Waals surface area contributed by atoms with Crippen molar-refractivity contribution in [3.05, 3.63) is 83.9 Å². The van der Waals surface area contributed by atoms with E-state index in [1.807, 2.05) is 74.5 Å². The number of hydrogen-bond acceptors (Lipinski definition) is 7. The van der Waals surface area contributed by atoms with Crippen LogP contribution < -0.4 is 16.0 Å². The monoisotopic (exact) mass is 613 g/mol. The number of nitrogens with one attached hydrogen (secondary N) is 3. The van der Waals surface area contributed by atoms with Gasteiger partial charge in [0.1, 0.15) is 18.7 Å². The quantitative estimate of drug-likeness (QED) is 0.184. The van der Waals surface area contributed by atoms with Crippen molar-refractivity contribution in [1.82, 2.24) is 16.0 Å². The molecule has 2 rings (SSSR count). The van der Waals surface area contributed by atoms with Gasteiger partial charge >= 0.3 is 12.1 Å². The summed E-state index contributed by atoms with van der Waals surface area (Å²) in [5.41, 5.74) is 1.62. The summed E-state index contributed by atoms with van der Waals surface area (Å²) >= 11 is 0. The molecule has 0 radical (unpaired) electrons. The molecule has 1 unspecified atom stereocenters. The van der Waals surface area contributed by atoms with Crippen LogP contribution in [0.2, 0.25) is 0 Å². The van der Waals surface area contributed by atoms with Gasteiger partial charge in [-0.2, -0.15) is 0 Å². The molecular formula is C32H43N3O7S. The maximum atomic E-state index is 13.6. The maximum Gasteiger partial charge on any atom is 0.408 e. The smallest absolute Gasteiger partial charge is 0.408 e. The van der Waals surface area contributed by atoms with Gasteiger partial charge in [0.2, 0.25) is 11.8 Å². The van der Waals surface area contributed by atoms with Crippen molar-refractivity contribution in [2.45, 2.75) is 64.8 Å². The third-order valence-corrected chi connectivity index (χ3v) is 7.05. The lowest BCUT2D eigenvalue weighted by molar-refractivity contribution is -0.137. The molecule has 0 aliphatic heterocycles. The second-order valence-electron chi connectivity index (χ2n) is 10.4. The van der Waals surface area contributed by atoms with Crippen molar-refractivity contribution in [3.8, 4) is 0 Å². The molecule has 234 valence electrons. The van der Waals surface area contributed by atoms with Crippen LogP contribution in [0.15, 0.2) is 72.8 Å². The Labute approximate surface area is 256 Å². The van der Waals surface area contributed by atoms with E-state index in [9.17, 15) is 23.4 Å². The molecular weight excluding hydrogens is 570 g/mol. The molecule has 2 aromatic carbocycles. The molecule has 11 heteroatoms. The summed E-state index contributed by atoms with van der Waals surface area (Å²) in [5.74, 6) is -1.24. The lowest BCUT2D eigenvalue weighted by atomic mass is 10.0. The van der Waals surface area contributed by atoms with Crippen LogP contribution in [0.3, 0.4) is 0 Å². The van der Waals surface area contributed by atoms with E-state index < -0.39 is 52.8 Å². The zero-order chi connectivity index (χ0) is 31.6. The molecule has 2 aromatic rings. The van der Waals surface area contributed by atoms with Crippen LogP contribution in [0, 0.1) is 5.92 Å². The highest BCUT2D eigenvalue weighted by Gasteiger charge is 2.29. The summed E-state index contributed by atoms with van der Waals surface area (Å²) in [7, 11) is -1.13. The minimum absolute atomic E-state index is 0.0466. The Balaban J connectivity index is 2.20. The SMILES string of the molecule is CCOC(=O)/C=C/[C@H](CCS(C)=O)NC(=O)[C@H](Cc1ccccc1)NC(=O)[C@H](CC(C)C)NC(=O)OCc1ccccc1. The van der Waals surface area contributed by atoms with E-state index in [2.05, 4.69) is 16.0 Å². The summed E-state index contributed by atoms with van der Waals surface area (Å²) in [6.45, 7) is 5.78. The molecule has 3 amide bonds. The molecule has 0 aliphatic rings. The highest BCUT2D eigenvalue weighted by Crippen LogP contribution is 2.10. The van der Waals surface area contributed by atoms with Crippen molar-refractivity contribution in [2.75, 3.05) is 18.6 Å². The van der Waals surface area contributed by atoms with E-state index in [-0.39, 0.29) is 25.6 Å². The average molecular weight is 614 g/mol. The van der Waals surface area contributed by atoms with Gasteiger partial charge in [-0.15, -0.1) is 0 Å². The molecule has 0 saturated carbocycles. The first-order valence-corrected chi connectivity index (χ1v) is 16.1. The van der Waals surface area contributed by atoms with Gasteiger partial charge in [0.25, 0.3) is 0 Å². The van der Waals surface area contributed by atoms with Gasteiger partial charge in [-0.05, 0) is 36.8 Å². The number of carbonyl (C=O) groups excluding carboxylic acids is 4. The third-order valence-electron chi connectivity index (χ3n) is 6.24. The van der Waals surface area contributed by atoms with E-state index in [0.717, 1.165) is 11.1 Å². The summed E-state index contributed by atoms with van der Waals surface area (Å²) in [5, 5.41) is 8.31. The fourth-order valence-corrected chi connectivity index (χ4v) is 4.71. The second-order valence-corrected chi connectivity index (χ2v) is 12.0. The van der Waals surface area contributed by atoms with E-state index in [4.69, 9.17) is 9.47 Å². The normalized spacial score (nSPS) is 13.9. The Kier molecular flexibility index (Phi) is 15.8. The minimum Gasteiger partial charge on any atom is -0.463 e. The van der Waals surface area contributed by atoms with Crippen LogP contribution in [0.25, 0.3) is 0 Å². The molecule has 3 N–H and O–H groups in total. The van der Waals surface area contributed by atoms with Crippen molar-refractivity contribution < 1.29 is 32.9 Å². The van der Waals surface area contributed by atoms with Crippen molar-refractivity contribution in [3.63, 3.8) is 0 Å². The summed E-state index contributed by atoms with van der Waals surface area (Å²) in [6.07, 6.45) is 4.33. The molecule has 43 heavy (non-hydrogen) atoms. The molecule has 0 saturated heterocycles. The Morgan fingerprint density at radius 3 is 2.02 bits per heavy atom. The third kappa shape index (κ3) is 14.6. The van der Waals surface area contributed by atoms with Gasteiger partial charge in [-0.1, -0.05) is 80.6 Å². The number of hydrogen-bond donors (Lipinski definition) is 3. The molecule has 0 spiro atoms. The first-order valence-electron chi connectivity index (χ1n) is 14.3. The molecule has 0 fully saturated rings. The van der Waals surface area contributed by atoms with Crippen LogP contribution in [0.5, 0.6) is 0 Å². The molecule has 0 heterocycles. The zero-order valence-corrected chi connectivity index (χ0v) is 26.1. The lowest BCUT2D eigenvalue weighted by Crippen LogP contribution is -2.55. The van der Waals surface area contributed by atoms with Crippen LogP contribution in [0.4, 0.5) is 4.79 Å². The fourth-order valence-electron chi connectivity index (χ4n) is 4.12. The predicted molar refractivity (Wildman–Crippen MR) is 166 cm³/mol. The number of amides is 3. The van der Waals surface area contributed by atoms with E-state index in [0.29, 0.717) is 18.6 Å². The van der Waals surface area contributed by atoms with Crippen LogP contribution >= 0.6 is 0 Å². The number of ether oxygens (including phenoxy) is 2. The van der Waals surface area contributed by atoms with E-state index >= 15 is 0 Å². The molecule has 10 nitrogen and oxygen atoms in total. The fraction of sp³-hybridized carbons (Fsp3) is 0.438. The molecule has 0 aromatic heterocycles. The number of benzene rings is 2. The average Bonchev–Trinajstić information content (AvgIpc) is 2.97. The Morgan fingerprint density at radius 1 is 0.837 bits per heavy atom. The topological polar surface area (TPSA) is 140 Å². The van der Waals surface area contributed by atoms with Crippen molar-refractivity contribution in [1.29, 1.82) is 0 Å². The van der Waals surface area contributed by atoms with Crippen molar-refractivity contribution >= 4 is 34.7 Å². The number of alkyl carbamates (subject to hydrolysis) is 1. The van der Waals surface area contributed by atoms with Crippen LogP contribution in [-0.2, 0) is 47.7 Å². The van der Waals surface area contributed by atoms with Crippen molar-refractivity contribution in [2.24, 2.45) is 5.92 Å². The number of carbonyl (C=O) groups is 4. The van der Waals surface area contributed by atoms with Gasteiger partial charge in [0.05, 0.1) is 6.61 Å². The zero-order valence-electron chi connectivity index (χ0n) is 25.2. The molecule has 0 bridgehead atoms. The maximum absolute atomic E-state index is 13.6. The Hall–Kier alpha value is -3.99. The van der Waals surface area contributed by atoms with Crippen LogP contribution in [-0.4, -0.2) is 64.8 Å². The minimum atomic E-state index is -1.13. The van der Waals surface area contributed by atoms with E-state index in [1.54, 1.807) is 13.2 Å². The Morgan fingerprint density at radius 2 is 1.44 bits per heavy atom.